The number of nitrogens with zero attached hydrogens (tertiary/aromatic N) is 2. The molecule has 0 saturated carbocycles. The van der Waals surface area contributed by atoms with Crippen LogP contribution in [0.3, 0.4) is 0 Å². The normalized spacial score (nSPS) is 16.8. The van der Waals surface area contributed by atoms with Gasteiger partial charge in [-0.05, 0) is 32.0 Å². The Morgan fingerprint density at radius 1 is 1.17 bits per heavy atom. The fourth-order valence-electron chi connectivity index (χ4n) is 2.75. The second-order valence-electron chi connectivity index (χ2n) is 6.89. The molecule has 0 aliphatic carbocycles. The van der Waals surface area contributed by atoms with Gasteiger partial charge in [-0.1, -0.05) is 59.2 Å². The van der Waals surface area contributed by atoms with E-state index in [2.05, 4.69) is 11.6 Å². The molecular weight excluding hydrogens is 467 g/mol. The minimum absolute atomic E-state index is 0.258. The van der Waals surface area contributed by atoms with Crippen LogP contribution in [0, 0.1) is 0 Å². The van der Waals surface area contributed by atoms with Crippen LogP contribution in [-0.2, 0) is 4.79 Å². The first-order valence-corrected chi connectivity index (χ1v) is 10.8. The van der Waals surface area contributed by atoms with Crippen LogP contribution in [0.25, 0.3) is 0 Å². The number of rotatable bonds is 5. The van der Waals surface area contributed by atoms with Gasteiger partial charge in [-0.2, -0.15) is 0 Å². The van der Waals surface area contributed by atoms with Gasteiger partial charge in [0.15, 0.2) is 11.8 Å². The molecule has 1 aliphatic rings. The third-order valence-corrected chi connectivity index (χ3v) is 6.72. The fourth-order valence-corrected chi connectivity index (χ4v) is 4.47. The summed E-state index contributed by atoms with van der Waals surface area (Å²) < 4.78 is 10.9. The number of carbonyl (C=O) groups is 1. The Morgan fingerprint density at radius 2 is 1.87 bits per heavy atom. The van der Waals surface area contributed by atoms with Gasteiger partial charge in [-0.15, -0.1) is 0 Å². The Kier molecular flexibility index (Phi) is 6.92. The average molecular weight is 486 g/mol. The molecule has 158 valence electrons. The zero-order valence-corrected chi connectivity index (χ0v) is 19.6. The molecule has 0 atom stereocenters. The fraction of sp³-hybridized carbons (Fsp3) is 0.238. The zero-order chi connectivity index (χ0) is 22.1. The third-order valence-electron chi connectivity index (χ3n) is 4.50. The van der Waals surface area contributed by atoms with Crippen LogP contribution in [0.1, 0.15) is 13.8 Å². The SMILES string of the molecule is C=C1SC(=Nc2cccc(OC)c2)N(C(=O)COc2cc(Cl)c(Cl)cc2Cl)C1(C)C. The van der Waals surface area contributed by atoms with E-state index in [4.69, 9.17) is 44.3 Å². The van der Waals surface area contributed by atoms with Gasteiger partial charge in [-0.3, -0.25) is 9.69 Å². The number of amidine groups is 1. The highest BCUT2D eigenvalue weighted by molar-refractivity contribution is 8.17. The zero-order valence-electron chi connectivity index (χ0n) is 16.5. The number of aliphatic imine (C=N–C) groups is 1. The lowest BCUT2D eigenvalue weighted by Crippen LogP contribution is -2.47. The number of methoxy groups -OCH3 is 1. The molecule has 1 aliphatic heterocycles. The topological polar surface area (TPSA) is 51.1 Å². The van der Waals surface area contributed by atoms with Crippen LogP contribution in [0.5, 0.6) is 11.5 Å². The van der Waals surface area contributed by atoms with E-state index in [0.29, 0.717) is 21.6 Å². The Hall–Kier alpha value is -1.86. The quantitative estimate of drug-likeness (QED) is 0.448. The van der Waals surface area contributed by atoms with Crippen molar-refractivity contribution < 1.29 is 14.3 Å². The molecule has 0 aromatic heterocycles. The van der Waals surface area contributed by atoms with E-state index in [9.17, 15) is 4.79 Å². The van der Waals surface area contributed by atoms with E-state index in [-0.39, 0.29) is 28.3 Å². The first-order chi connectivity index (χ1) is 14.1. The second-order valence-corrected chi connectivity index (χ2v) is 9.18. The molecule has 30 heavy (non-hydrogen) atoms. The number of amides is 1. The van der Waals surface area contributed by atoms with Crippen molar-refractivity contribution in [1.29, 1.82) is 0 Å². The molecule has 0 unspecified atom stereocenters. The van der Waals surface area contributed by atoms with Gasteiger partial charge in [0, 0.05) is 17.0 Å². The minimum atomic E-state index is -0.649. The van der Waals surface area contributed by atoms with E-state index >= 15 is 0 Å². The van der Waals surface area contributed by atoms with E-state index in [1.165, 1.54) is 23.9 Å². The highest BCUT2D eigenvalue weighted by Gasteiger charge is 2.44. The molecule has 5 nitrogen and oxygen atoms in total. The Morgan fingerprint density at radius 3 is 2.57 bits per heavy atom. The van der Waals surface area contributed by atoms with Crippen molar-refractivity contribution >= 4 is 63.3 Å². The lowest BCUT2D eigenvalue weighted by Gasteiger charge is -2.30. The van der Waals surface area contributed by atoms with Crippen LogP contribution >= 0.6 is 46.6 Å². The predicted molar refractivity (Wildman–Crippen MR) is 125 cm³/mol. The Bertz CT molecular complexity index is 1040. The molecular formula is C21H19Cl3N2O3S. The van der Waals surface area contributed by atoms with E-state index in [1.54, 1.807) is 18.1 Å². The summed E-state index contributed by atoms with van der Waals surface area (Å²) in [5, 5.41) is 1.37. The molecule has 1 amide bonds. The first-order valence-electron chi connectivity index (χ1n) is 8.84. The van der Waals surface area contributed by atoms with E-state index in [1.807, 2.05) is 32.0 Å². The maximum Gasteiger partial charge on any atom is 0.267 e. The molecule has 3 rings (SSSR count). The number of halogens is 3. The lowest BCUT2D eigenvalue weighted by molar-refractivity contribution is -0.131. The van der Waals surface area contributed by atoms with Gasteiger partial charge < -0.3 is 9.47 Å². The molecule has 2 aromatic carbocycles. The largest absolute Gasteiger partial charge is 0.497 e. The Balaban J connectivity index is 1.86. The summed E-state index contributed by atoms with van der Waals surface area (Å²) in [4.78, 5) is 20.1. The van der Waals surface area contributed by atoms with Gasteiger partial charge in [0.05, 0.1) is 33.4 Å². The maximum absolute atomic E-state index is 13.1. The lowest BCUT2D eigenvalue weighted by atomic mass is 10.0. The first kappa shape index (κ1) is 22.8. The van der Waals surface area contributed by atoms with Crippen LogP contribution < -0.4 is 9.47 Å². The number of hydrogen-bond acceptors (Lipinski definition) is 5. The maximum atomic E-state index is 13.1. The average Bonchev–Trinajstić information content (AvgIpc) is 2.91. The highest BCUT2D eigenvalue weighted by Crippen LogP contribution is 2.43. The van der Waals surface area contributed by atoms with E-state index < -0.39 is 5.54 Å². The highest BCUT2D eigenvalue weighted by atomic mass is 35.5. The summed E-state index contributed by atoms with van der Waals surface area (Å²) in [7, 11) is 1.59. The summed E-state index contributed by atoms with van der Waals surface area (Å²) in [5.74, 6) is 0.650. The summed E-state index contributed by atoms with van der Waals surface area (Å²) in [5.41, 5.74) is 0.0122. The van der Waals surface area contributed by atoms with Gasteiger partial charge in [0.1, 0.15) is 11.5 Å². The molecule has 1 fully saturated rings. The number of benzene rings is 2. The van der Waals surface area contributed by atoms with Crippen LogP contribution in [0.2, 0.25) is 15.1 Å². The Labute approximate surface area is 194 Å². The molecule has 9 heteroatoms. The van der Waals surface area contributed by atoms with Crippen molar-refractivity contribution in [3.05, 3.63) is 63.0 Å². The van der Waals surface area contributed by atoms with E-state index in [0.717, 1.165) is 4.91 Å². The summed E-state index contributed by atoms with van der Waals surface area (Å²) in [6, 6.07) is 10.2. The molecule has 0 bridgehead atoms. The summed E-state index contributed by atoms with van der Waals surface area (Å²) in [6.45, 7) is 7.64. The molecule has 0 radical (unpaired) electrons. The van der Waals surface area contributed by atoms with Crippen molar-refractivity contribution in [2.45, 2.75) is 19.4 Å². The summed E-state index contributed by atoms with van der Waals surface area (Å²) in [6.07, 6.45) is 0. The third kappa shape index (κ3) is 4.72. The van der Waals surface area contributed by atoms with Crippen molar-refractivity contribution in [3.63, 3.8) is 0 Å². The van der Waals surface area contributed by atoms with Crippen molar-refractivity contribution in [2.24, 2.45) is 4.99 Å². The molecule has 2 aromatic rings. The molecule has 1 saturated heterocycles. The number of ether oxygens (including phenoxy) is 2. The molecule has 1 heterocycles. The van der Waals surface area contributed by atoms with Gasteiger partial charge in [0.2, 0.25) is 0 Å². The van der Waals surface area contributed by atoms with Crippen LogP contribution in [-0.4, -0.2) is 35.2 Å². The van der Waals surface area contributed by atoms with Gasteiger partial charge >= 0.3 is 0 Å². The number of carbonyl (C=O) groups excluding carboxylic acids is 1. The minimum Gasteiger partial charge on any atom is -0.497 e. The van der Waals surface area contributed by atoms with Crippen molar-refractivity contribution in [1.82, 2.24) is 4.90 Å². The monoisotopic (exact) mass is 484 g/mol. The summed E-state index contributed by atoms with van der Waals surface area (Å²) >= 11 is 19.4. The van der Waals surface area contributed by atoms with Gasteiger partial charge in [0.25, 0.3) is 5.91 Å². The molecule has 0 N–H and O–H groups in total. The smallest absolute Gasteiger partial charge is 0.267 e. The number of hydrogen-bond donors (Lipinski definition) is 0. The van der Waals surface area contributed by atoms with Crippen molar-refractivity contribution in [2.75, 3.05) is 13.7 Å². The standard InChI is InChI=1S/C21H19Cl3N2O3S/c1-12-21(2,3)26(20(30-12)25-13-6-5-7-14(8-13)28-4)19(27)11-29-18-10-16(23)15(22)9-17(18)24/h5-10H,1,11H2,2-4H3. The second kappa shape index (κ2) is 9.10. The predicted octanol–water partition coefficient (Wildman–Crippen LogP) is 6.59. The van der Waals surface area contributed by atoms with Crippen LogP contribution in [0.4, 0.5) is 5.69 Å². The van der Waals surface area contributed by atoms with Crippen molar-refractivity contribution in [3.8, 4) is 11.5 Å². The van der Waals surface area contributed by atoms with Crippen LogP contribution in [0.15, 0.2) is 52.9 Å². The van der Waals surface area contributed by atoms with Gasteiger partial charge in [-0.25, -0.2) is 4.99 Å². The molecule has 0 spiro atoms. The number of thioether (sulfide) groups is 1.